The number of pyridine rings is 1. The van der Waals surface area contributed by atoms with Crippen LogP contribution in [0.2, 0.25) is 0 Å². The second kappa shape index (κ2) is 10.4. The molecule has 1 aliphatic heterocycles. The first-order chi connectivity index (χ1) is 15.6. The number of piperazine rings is 1. The molecule has 0 bridgehead atoms. The number of carbonyl (C=O) groups excluding carboxylic acids is 2. The first-order valence-electron chi connectivity index (χ1n) is 10.3. The van der Waals surface area contributed by atoms with Crippen molar-refractivity contribution in [2.45, 2.75) is 0 Å². The average molecular weight is 495 g/mol. The maximum absolute atomic E-state index is 13.1. The van der Waals surface area contributed by atoms with Crippen LogP contribution >= 0.6 is 15.9 Å². The molecule has 1 fully saturated rings. The zero-order chi connectivity index (χ0) is 22.3. The summed E-state index contributed by atoms with van der Waals surface area (Å²) < 4.78 is 6.81. The van der Waals surface area contributed by atoms with E-state index < -0.39 is 0 Å². The molecule has 1 aliphatic rings. The van der Waals surface area contributed by atoms with Gasteiger partial charge in [-0.3, -0.25) is 14.5 Å². The summed E-state index contributed by atoms with van der Waals surface area (Å²) in [4.78, 5) is 33.5. The molecule has 8 heteroatoms. The van der Waals surface area contributed by atoms with Crippen LogP contribution < -0.4 is 10.1 Å². The van der Waals surface area contributed by atoms with Crippen LogP contribution in [0, 0.1) is 0 Å². The Morgan fingerprint density at radius 3 is 2.38 bits per heavy atom. The first kappa shape index (κ1) is 22.0. The van der Waals surface area contributed by atoms with Crippen molar-refractivity contribution in [3.8, 4) is 11.6 Å². The van der Waals surface area contributed by atoms with Gasteiger partial charge >= 0.3 is 0 Å². The van der Waals surface area contributed by atoms with E-state index in [0.29, 0.717) is 44.0 Å². The molecule has 3 aromatic rings. The van der Waals surface area contributed by atoms with E-state index in [-0.39, 0.29) is 17.7 Å². The van der Waals surface area contributed by atoms with Gasteiger partial charge in [-0.1, -0.05) is 34.1 Å². The number of benzene rings is 2. The van der Waals surface area contributed by atoms with Crippen LogP contribution in [0.1, 0.15) is 10.4 Å². The largest absolute Gasteiger partial charge is 0.438 e. The maximum atomic E-state index is 13.1. The summed E-state index contributed by atoms with van der Waals surface area (Å²) in [5.41, 5.74) is 1.20. The molecule has 164 valence electrons. The monoisotopic (exact) mass is 494 g/mol. The smallest absolute Gasteiger partial charge is 0.259 e. The second-order valence-electron chi connectivity index (χ2n) is 7.39. The summed E-state index contributed by atoms with van der Waals surface area (Å²) in [5.74, 6) is 0.701. The number of anilines is 1. The molecule has 2 heterocycles. The minimum absolute atomic E-state index is 0.0616. The Hall–Kier alpha value is -3.23. The van der Waals surface area contributed by atoms with Crippen LogP contribution in [0.25, 0.3) is 0 Å². The van der Waals surface area contributed by atoms with E-state index in [4.69, 9.17) is 4.74 Å². The van der Waals surface area contributed by atoms with Crippen molar-refractivity contribution < 1.29 is 14.3 Å². The molecule has 32 heavy (non-hydrogen) atoms. The zero-order valence-corrected chi connectivity index (χ0v) is 19.0. The van der Waals surface area contributed by atoms with Gasteiger partial charge in [-0.05, 0) is 48.5 Å². The quantitative estimate of drug-likeness (QED) is 0.559. The summed E-state index contributed by atoms with van der Waals surface area (Å²) in [7, 11) is 0. The second-order valence-corrected chi connectivity index (χ2v) is 8.31. The lowest BCUT2D eigenvalue weighted by Gasteiger charge is -2.34. The van der Waals surface area contributed by atoms with Gasteiger partial charge < -0.3 is 15.0 Å². The topological polar surface area (TPSA) is 74.8 Å². The van der Waals surface area contributed by atoms with Crippen molar-refractivity contribution in [3.63, 3.8) is 0 Å². The number of halogens is 1. The Labute approximate surface area is 195 Å². The molecule has 7 nitrogen and oxygen atoms in total. The van der Waals surface area contributed by atoms with Crippen LogP contribution in [-0.2, 0) is 4.79 Å². The highest BCUT2D eigenvalue weighted by atomic mass is 79.9. The summed E-state index contributed by atoms with van der Waals surface area (Å²) in [6.45, 7) is 2.60. The lowest BCUT2D eigenvalue weighted by Crippen LogP contribution is -2.50. The standard InChI is InChI=1S/C24H23BrN4O3/c25-18-8-10-20(11-9-18)32-23-21(7-4-12-26-23)24(31)29-15-13-28(14-16-29)17-22(30)27-19-5-2-1-3-6-19/h1-12H,13-17H2,(H,27,30). The van der Waals surface area contributed by atoms with Gasteiger partial charge in [0.15, 0.2) is 0 Å². The normalized spacial score (nSPS) is 14.1. The van der Waals surface area contributed by atoms with Gasteiger partial charge in [0.2, 0.25) is 11.8 Å². The molecule has 0 aliphatic carbocycles. The molecule has 1 N–H and O–H groups in total. The van der Waals surface area contributed by atoms with E-state index in [1.807, 2.05) is 59.5 Å². The fraction of sp³-hybridized carbons (Fsp3) is 0.208. The van der Waals surface area contributed by atoms with Crippen molar-refractivity contribution in [3.05, 3.63) is 83.0 Å². The van der Waals surface area contributed by atoms with Crippen molar-refractivity contribution in [1.82, 2.24) is 14.8 Å². The number of rotatable bonds is 6. The zero-order valence-electron chi connectivity index (χ0n) is 17.4. The average Bonchev–Trinajstić information content (AvgIpc) is 2.81. The number of para-hydroxylation sites is 1. The fourth-order valence-corrected chi connectivity index (χ4v) is 3.72. The fourth-order valence-electron chi connectivity index (χ4n) is 3.45. The highest BCUT2D eigenvalue weighted by Crippen LogP contribution is 2.25. The number of amides is 2. The van der Waals surface area contributed by atoms with Crippen LogP contribution in [0.15, 0.2) is 77.4 Å². The predicted molar refractivity (Wildman–Crippen MR) is 126 cm³/mol. The molecular weight excluding hydrogens is 472 g/mol. The van der Waals surface area contributed by atoms with E-state index >= 15 is 0 Å². The molecule has 0 saturated carbocycles. The van der Waals surface area contributed by atoms with Gasteiger partial charge in [-0.25, -0.2) is 4.98 Å². The Bertz CT molecular complexity index is 1070. The van der Waals surface area contributed by atoms with Gasteiger partial charge in [0.1, 0.15) is 11.3 Å². The van der Waals surface area contributed by atoms with Gasteiger partial charge in [-0.15, -0.1) is 0 Å². The Morgan fingerprint density at radius 2 is 1.66 bits per heavy atom. The first-order valence-corrected chi connectivity index (χ1v) is 11.1. The van der Waals surface area contributed by atoms with E-state index in [1.54, 1.807) is 23.2 Å². The van der Waals surface area contributed by atoms with E-state index in [2.05, 4.69) is 26.2 Å². The summed E-state index contributed by atoms with van der Waals surface area (Å²) in [6, 6.07) is 20.2. The third kappa shape index (κ3) is 5.72. The minimum Gasteiger partial charge on any atom is -0.438 e. The lowest BCUT2D eigenvalue weighted by atomic mass is 10.2. The van der Waals surface area contributed by atoms with Crippen LogP contribution in [0.5, 0.6) is 11.6 Å². The summed E-state index contributed by atoms with van der Waals surface area (Å²) in [5, 5.41) is 2.89. The van der Waals surface area contributed by atoms with E-state index in [1.165, 1.54) is 0 Å². The van der Waals surface area contributed by atoms with Gasteiger partial charge in [0.25, 0.3) is 5.91 Å². The molecule has 0 radical (unpaired) electrons. The number of nitrogens with zero attached hydrogens (tertiary/aromatic N) is 3. The van der Waals surface area contributed by atoms with Crippen molar-refractivity contribution in [2.75, 3.05) is 38.0 Å². The molecule has 0 atom stereocenters. The molecule has 0 spiro atoms. The molecule has 4 rings (SSSR count). The van der Waals surface area contributed by atoms with Crippen molar-refractivity contribution >= 4 is 33.4 Å². The van der Waals surface area contributed by atoms with Gasteiger partial charge in [0, 0.05) is 42.5 Å². The number of aromatic nitrogens is 1. The number of carbonyl (C=O) groups is 2. The third-order valence-electron chi connectivity index (χ3n) is 5.11. The summed E-state index contributed by atoms with van der Waals surface area (Å²) >= 11 is 3.40. The predicted octanol–water partition coefficient (Wildman–Crippen LogP) is 4.03. The molecule has 2 aromatic carbocycles. The molecule has 1 aromatic heterocycles. The van der Waals surface area contributed by atoms with Crippen molar-refractivity contribution in [1.29, 1.82) is 0 Å². The highest BCUT2D eigenvalue weighted by Gasteiger charge is 2.26. The molecule has 0 unspecified atom stereocenters. The Balaban J connectivity index is 1.33. The highest BCUT2D eigenvalue weighted by molar-refractivity contribution is 9.10. The molecule has 2 amide bonds. The maximum Gasteiger partial charge on any atom is 0.259 e. The van der Waals surface area contributed by atoms with Crippen LogP contribution in [0.4, 0.5) is 5.69 Å². The van der Waals surface area contributed by atoms with E-state index in [9.17, 15) is 9.59 Å². The molecular formula is C24H23BrN4O3. The van der Waals surface area contributed by atoms with Gasteiger partial charge in [0.05, 0.1) is 6.54 Å². The van der Waals surface area contributed by atoms with Crippen LogP contribution in [0.3, 0.4) is 0 Å². The lowest BCUT2D eigenvalue weighted by molar-refractivity contribution is -0.117. The number of nitrogens with one attached hydrogen (secondary N) is 1. The SMILES string of the molecule is O=C(CN1CCN(C(=O)c2cccnc2Oc2ccc(Br)cc2)CC1)Nc1ccccc1. The van der Waals surface area contributed by atoms with Gasteiger partial charge in [-0.2, -0.15) is 0 Å². The summed E-state index contributed by atoms with van der Waals surface area (Å²) in [6.07, 6.45) is 1.61. The Morgan fingerprint density at radius 1 is 0.938 bits per heavy atom. The third-order valence-corrected chi connectivity index (χ3v) is 5.64. The molecule has 1 saturated heterocycles. The minimum atomic E-state index is -0.126. The number of hydrogen-bond acceptors (Lipinski definition) is 5. The van der Waals surface area contributed by atoms with Crippen LogP contribution in [-0.4, -0.2) is 59.3 Å². The van der Waals surface area contributed by atoms with Crippen molar-refractivity contribution in [2.24, 2.45) is 0 Å². The number of ether oxygens (including phenoxy) is 1. The number of hydrogen-bond donors (Lipinski definition) is 1. The van der Waals surface area contributed by atoms with E-state index in [0.717, 1.165) is 10.2 Å². The Kier molecular flexibility index (Phi) is 7.14.